The minimum absolute atomic E-state index is 0.575. The summed E-state index contributed by atoms with van der Waals surface area (Å²) in [4.78, 5) is 0. The van der Waals surface area contributed by atoms with Gasteiger partial charge in [-0.15, -0.1) is 0 Å². The topological polar surface area (TPSA) is 12.5 Å². The Labute approximate surface area is 105 Å². The van der Waals surface area contributed by atoms with Crippen LogP contribution >= 0.6 is 0 Å². The van der Waals surface area contributed by atoms with Gasteiger partial charge < -0.3 is 4.74 Å². The Hall–Kier alpha value is -0.820. The highest BCUT2D eigenvalue weighted by Crippen LogP contribution is 2.31. The summed E-state index contributed by atoms with van der Waals surface area (Å²) in [6, 6.07) is 8.84. The molecule has 1 heteroatoms. The summed E-state index contributed by atoms with van der Waals surface area (Å²) >= 11 is 0. The lowest BCUT2D eigenvalue weighted by Gasteiger charge is -2.01. The van der Waals surface area contributed by atoms with Crippen molar-refractivity contribution in [3.8, 4) is 0 Å². The highest BCUT2D eigenvalue weighted by atomic mass is 16.6. The molecule has 0 radical (unpaired) electrons. The number of hydrogen-bond donors (Lipinski definition) is 0. The molecule has 0 aromatic heterocycles. The number of hydrogen-bond acceptors (Lipinski definition) is 1. The molecule has 1 fully saturated rings. The number of unbranched alkanes of at least 4 members (excludes halogenated alkanes) is 1. The third-order valence-electron chi connectivity index (χ3n) is 3.57. The molecule has 1 aliphatic rings. The molecule has 2 rings (SSSR count). The van der Waals surface area contributed by atoms with Crippen LogP contribution < -0.4 is 0 Å². The summed E-state index contributed by atoms with van der Waals surface area (Å²) in [7, 11) is 0. The molecule has 0 aliphatic carbocycles. The van der Waals surface area contributed by atoms with E-state index >= 15 is 0 Å². The fraction of sp³-hybridized carbons (Fsp3) is 0.625. The molecule has 17 heavy (non-hydrogen) atoms. The predicted octanol–water partition coefficient (Wildman–Crippen LogP) is 4.28. The van der Waals surface area contributed by atoms with E-state index in [0.29, 0.717) is 12.2 Å². The van der Waals surface area contributed by atoms with Crippen LogP contribution in [0, 0.1) is 6.92 Å². The van der Waals surface area contributed by atoms with Crippen LogP contribution in [0.15, 0.2) is 24.3 Å². The van der Waals surface area contributed by atoms with Crippen LogP contribution in [0.1, 0.15) is 50.2 Å². The molecule has 0 amide bonds. The summed E-state index contributed by atoms with van der Waals surface area (Å²) in [6.45, 7) is 4.41. The van der Waals surface area contributed by atoms with Gasteiger partial charge >= 0.3 is 0 Å². The van der Waals surface area contributed by atoms with Crippen LogP contribution in [-0.4, -0.2) is 12.2 Å². The standard InChI is InChI=1S/C16H24O/c1-3-4-10-15-16(17-15)11-6-9-14-8-5-7-13(2)12-14/h5,7-8,12,15-16H,3-4,6,9-11H2,1-2H3. The van der Waals surface area contributed by atoms with Gasteiger partial charge in [0, 0.05) is 0 Å². The number of ether oxygens (including phenoxy) is 1. The van der Waals surface area contributed by atoms with Crippen molar-refractivity contribution in [1.29, 1.82) is 0 Å². The van der Waals surface area contributed by atoms with E-state index in [9.17, 15) is 0 Å². The largest absolute Gasteiger partial charge is 0.370 e. The van der Waals surface area contributed by atoms with Gasteiger partial charge in [-0.3, -0.25) is 0 Å². The molecule has 1 aromatic rings. The molecule has 1 heterocycles. The highest BCUT2D eigenvalue weighted by molar-refractivity contribution is 5.22. The van der Waals surface area contributed by atoms with Gasteiger partial charge in [-0.1, -0.05) is 49.6 Å². The first-order chi connectivity index (χ1) is 8.29. The smallest absolute Gasteiger partial charge is 0.0842 e. The lowest BCUT2D eigenvalue weighted by Crippen LogP contribution is -1.96. The summed E-state index contributed by atoms with van der Waals surface area (Å²) < 4.78 is 5.68. The van der Waals surface area contributed by atoms with Gasteiger partial charge in [0.25, 0.3) is 0 Å². The molecular weight excluding hydrogens is 208 g/mol. The fourth-order valence-corrected chi connectivity index (χ4v) is 2.47. The summed E-state index contributed by atoms with van der Waals surface area (Å²) in [5.41, 5.74) is 2.83. The zero-order chi connectivity index (χ0) is 12.1. The minimum atomic E-state index is 0.575. The Kier molecular flexibility index (Phi) is 4.61. The van der Waals surface area contributed by atoms with Gasteiger partial charge in [0.2, 0.25) is 0 Å². The molecule has 2 atom stereocenters. The lowest BCUT2D eigenvalue weighted by atomic mass is 10.0. The molecule has 0 spiro atoms. The van der Waals surface area contributed by atoms with Gasteiger partial charge in [0.1, 0.15) is 0 Å². The molecule has 1 nitrogen and oxygen atoms in total. The Balaban J connectivity index is 1.61. The molecule has 1 aliphatic heterocycles. The second-order valence-corrected chi connectivity index (χ2v) is 5.24. The first kappa shape index (κ1) is 12.6. The van der Waals surface area contributed by atoms with E-state index in [-0.39, 0.29) is 0 Å². The zero-order valence-electron chi connectivity index (χ0n) is 11.1. The third kappa shape index (κ3) is 4.16. The van der Waals surface area contributed by atoms with Crippen LogP contribution in [0.3, 0.4) is 0 Å². The minimum Gasteiger partial charge on any atom is -0.370 e. The van der Waals surface area contributed by atoms with Crippen LogP contribution in [0.25, 0.3) is 0 Å². The van der Waals surface area contributed by atoms with Crippen LogP contribution in [0.4, 0.5) is 0 Å². The third-order valence-corrected chi connectivity index (χ3v) is 3.57. The zero-order valence-corrected chi connectivity index (χ0v) is 11.1. The maximum absolute atomic E-state index is 5.68. The van der Waals surface area contributed by atoms with Crippen molar-refractivity contribution in [2.75, 3.05) is 0 Å². The van der Waals surface area contributed by atoms with Gasteiger partial charge in [0.15, 0.2) is 0 Å². The number of rotatable bonds is 7. The molecule has 1 aromatic carbocycles. The van der Waals surface area contributed by atoms with Gasteiger partial charge in [-0.05, 0) is 38.2 Å². The van der Waals surface area contributed by atoms with Crippen molar-refractivity contribution < 1.29 is 4.74 Å². The average molecular weight is 232 g/mol. The predicted molar refractivity (Wildman–Crippen MR) is 72.3 cm³/mol. The van der Waals surface area contributed by atoms with Crippen molar-refractivity contribution in [2.24, 2.45) is 0 Å². The normalized spacial score (nSPS) is 22.7. The molecule has 0 saturated carbocycles. The van der Waals surface area contributed by atoms with Crippen molar-refractivity contribution in [3.63, 3.8) is 0 Å². The Morgan fingerprint density at radius 2 is 1.88 bits per heavy atom. The number of aryl methyl sites for hydroxylation is 2. The Morgan fingerprint density at radius 3 is 2.59 bits per heavy atom. The van der Waals surface area contributed by atoms with E-state index in [1.807, 2.05) is 0 Å². The van der Waals surface area contributed by atoms with Crippen LogP contribution in [0.5, 0.6) is 0 Å². The highest BCUT2D eigenvalue weighted by Gasteiger charge is 2.36. The monoisotopic (exact) mass is 232 g/mol. The van der Waals surface area contributed by atoms with Gasteiger partial charge in [-0.25, -0.2) is 0 Å². The second-order valence-electron chi connectivity index (χ2n) is 5.24. The van der Waals surface area contributed by atoms with Crippen LogP contribution in [0.2, 0.25) is 0 Å². The summed E-state index contributed by atoms with van der Waals surface area (Å²) in [5.74, 6) is 0. The first-order valence-corrected chi connectivity index (χ1v) is 7.00. The fourth-order valence-electron chi connectivity index (χ4n) is 2.47. The maximum Gasteiger partial charge on any atom is 0.0842 e. The van der Waals surface area contributed by atoms with E-state index in [1.165, 1.54) is 49.7 Å². The quantitative estimate of drug-likeness (QED) is 0.639. The summed E-state index contributed by atoms with van der Waals surface area (Å²) in [5, 5.41) is 0. The van der Waals surface area contributed by atoms with E-state index in [4.69, 9.17) is 4.74 Å². The molecular formula is C16H24O. The molecule has 1 saturated heterocycles. The van der Waals surface area contributed by atoms with Gasteiger partial charge in [-0.2, -0.15) is 0 Å². The number of epoxide rings is 1. The maximum atomic E-state index is 5.68. The molecule has 0 bridgehead atoms. The van der Waals surface area contributed by atoms with E-state index in [1.54, 1.807) is 0 Å². The summed E-state index contributed by atoms with van der Waals surface area (Å²) in [6.07, 6.45) is 8.74. The van der Waals surface area contributed by atoms with Crippen molar-refractivity contribution in [2.45, 2.75) is 64.6 Å². The van der Waals surface area contributed by atoms with Crippen molar-refractivity contribution in [1.82, 2.24) is 0 Å². The average Bonchev–Trinajstić information content (AvgIpc) is 3.05. The lowest BCUT2D eigenvalue weighted by molar-refractivity contribution is 0.351. The Bertz CT molecular complexity index is 345. The SMILES string of the molecule is CCCCC1OC1CCCc1cccc(C)c1. The molecule has 0 N–H and O–H groups in total. The van der Waals surface area contributed by atoms with E-state index in [0.717, 1.165) is 0 Å². The van der Waals surface area contributed by atoms with Gasteiger partial charge in [0.05, 0.1) is 12.2 Å². The first-order valence-electron chi connectivity index (χ1n) is 7.00. The van der Waals surface area contributed by atoms with Crippen molar-refractivity contribution >= 4 is 0 Å². The number of benzene rings is 1. The van der Waals surface area contributed by atoms with Crippen molar-refractivity contribution in [3.05, 3.63) is 35.4 Å². The van der Waals surface area contributed by atoms with Crippen LogP contribution in [-0.2, 0) is 11.2 Å². The molecule has 94 valence electrons. The second kappa shape index (κ2) is 6.20. The molecule has 2 unspecified atom stereocenters. The Morgan fingerprint density at radius 1 is 1.12 bits per heavy atom. The van der Waals surface area contributed by atoms with E-state index < -0.39 is 0 Å². The van der Waals surface area contributed by atoms with E-state index in [2.05, 4.69) is 38.1 Å².